The molecule has 7 nitrogen and oxygen atoms in total. The maximum atomic E-state index is 11.6. The smallest absolute Gasteiger partial charge is 0.354 e. The Morgan fingerprint density at radius 2 is 1.80 bits per heavy atom. The molecule has 0 bridgehead atoms. The number of rotatable bonds is 4. The van der Waals surface area contributed by atoms with Gasteiger partial charge in [-0.1, -0.05) is 19.3 Å². The van der Waals surface area contributed by atoms with E-state index in [0.717, 1.165) is 25.7 Å². The number of nitro groups is 1. The molecule has 2 aromatic rings. The lowest BCUT2D eigenvalue weighted by molar-refractivity contribution is -0.384. The Labute approximate surface area is 144 Å². The molecule has 1 heterocycles. The second kappa shape index (κ2) is 6.96. The van der Waals surface area contributed by atoms with Gasteiger partial charge in [0.05, 0.1) is 10.6 Å². The van der Waals surface area contributed by atoms with Crippen LogP contribution in [-0.2, 0) is 0 Å². The number of carboxylic acids is 1. The minimum Gasteiger partial charge on any atom is -0.477 e. The van der Waals surface area contributed by atoms with Gasteiger partial charge < -0.3 is 5.11 Å². The molecule has 0 unspecified atom stereocenters. The molecule has 7 heteroatoms. The van der Waals surface area contributed by atoms with Crippen LogP contribution in [0.15, 0.2) is 24.3 Å². The summed E-state index contributed by atoms with van der Waals surface area (Å²) in [6.07, 6.45) is 5.29. The molecule has 25 heavy (non-hydrogen) atoms. The van der Waals surface area contributed by atoms with E-state index in [1.165, 1.54) is 18.6 Å². The minimum atomic E-state index is -1.08. The Hall–Kier alpha value is -2.83. The Balaban J connectivity index is 2.08. The van der Waals surface area contributed by atoms with Crippen molar-refractivity contribution >= 4 is 11.7 Å². The molecule has 1 aromatic carbocycles. The maximum absolute atomic E-state index is 11.6. The summed E-state index contributed by atoms with van der Waals surface area (Å²) in [4.78, 5) is 30.9. The molecular weight excluding hydrogens is 322 g/mol. The fourth-order valence-corrected chi connectivity index (χ4v) is 3.31. The van der Waals surface area contributed by atoms with Gasteiger partial charge in [-0.05, 0) is 31.9 Å². The van der Waals surface area contributed by atoms with Gasteiger partial charge >= 0.3 is 5.97 Å². The van der Waals surface area contributed by atoms with E-state index in [1.54, 1.807) is 19.1 Å². The molecule has 0 spiro atoms. The second-order valence-electron chi connectivity index (χ2n) is 6.35. The molecule has 0 saturated heterocycles. The number of non-ortho nitro benzene ring substituents is 1. The fraction of sp³-hybridized carbons (Fsp3) is 0.389. The van der Waals surface area contributed by atoms with E-state index in [4.69, 9.17) is 0 Å². The van der Waals surface area contributed by atoms with Crippen LogP contribution in [-0.4, -0.2) is 26.0 Å². The molecular formula is C18H19N3O4. The van der Waals surface area contributed by atoms with Crippen molar-refractivity contribution in [3.8, 4) is 11.3 Å². The predicted octanol–water partition coefficient (Wildman–Crippen LogP) is 4.11. The third-order valence-electron chi connectivity index (χ3n) is 4.69. The predicted molar refractivity (Wildman–Crippen MR) is 91.6 cm³/mol. The van der Waals surface area contributed by atoms with E-state index < -0.39 is 10.9 Å². The Kier molecular flexibility index (Phi) is 4.74. The van der Waals surface area contributed by atoms with Crippen LogP contribution in [0.2, 0.25) is 0 Å². The third-order valence-corrected chi connectivity index (χ3v) is 4.69. The van der Waals surface area contributed by atoms with Crippen molar-refractivity contribution in [1.29, 1.82) is 0 Å². The van der Waals surface area contributed by atoms with Gasteiger partial charge in [-0.25, -0.2) is 14.8 Å². The van der Waals surface area contributed by atoms with Gasteiger partial charge in [0, 0.05) is 29.2 Å². The van der Waals surface area contributed by atoms with E-state index in [0.29, 0.717) is 22.6 Å². The van der Waals surface area contributed by atoms with Crippen molar-refractivity contribution in [3.63, 3.8) is 0 Å². The Morgan fingerprint density at radius 3 is 2.36 bits per heavy atom. The van der Waals surface area contributed by atoms with Gasteiger partial charge in [0.2, 0.25) is 0 Å². The third kappa shape index (κ3) is 3.50. The van der Waals surface area contributed by atoms with Crippen LogP contribution in [0, 0.1) is 17.0 Å². The zero-order chi connectivity index (χ0) is 18.0. The zero-order valence-electron chi connectivity index (χ0n) is 13.9. The topological polar surface area (TPSA) is 106 Å². The summed E-state index contributed by atoms with van der Waals surface area (Å²) >= 11 is 0. The molecule has 1 fully saturated rings. The first-order valence-electron chi connectivity index (χ1n) is 8.34. The zero-order valence-corrected chi connectivity index (χ0v) is 13.9. The summed E-state index contributed by atoms with van der Waals surface area (Å²) < 4.78 is 0. The average Bonchev–Trinajstić information content (AvgIpc) is 2.62. The van der Waals surface area contributed by atoms with Crippen molar-refractivity contribution in [3.05, 3.63) is 51.5 Å². The van der Waals surface area contributed by atoms with Crippen LogP contribution in [0.4, 0.5) is 5.69 Å². The monoisotopic (exact) mass is 341 g/mol. The number of carbonyl (C=O) groups is 1. The molecule has 130 valence electrons. The van der Waals surface area contributed by atoms with Crippen LogP contribution in [0.25, 0.3) is 11.3 Å². The number of nitro benzene ring substituents is 1. The average molecular weight is 341 g/mol. The van der Waals surface area contributed by atoms with Crippen molar-refractivity contribution < 1.29 is 14.8 Å². The first-order valence-corrected chi connectivity index (χ1v) is 8.34. The molecule has 3 rings (SSSR count). The second-order valence-corrected chi connectivity index (χ2v) is 6.35. The van der Waals surface area contributed by atoms with E-state index in [9.17, 15) is 20.0 Å². The number of nitrogens with zero attached hydrogens (tertiary/aromatic N) is 3. The Morgan fingerprint density at radius 1 is 1.16 bits per heavy atom. The van der Waals surface area contributed by atoms with E-state index in [-0.39, 0.29) is 17.3 Å². The fourth-order valence-electron chi connectivity index (χ4n) is 3.31. The SMILES string of the molecule is Cc1c(C(=O)O)nc(C2CCCCC2)nc1-c1ccc([N+](=O)[O-])cc1. The number of hydrogen-bond acceptors (Lipinski definition) is 5. The van der Waals surface area contributed by atoms with Crippen LogP contribution in [0.1, 0.15) is 59.9 Å². The summed E-state index contributed by atoms with van der Waals surface area (Å²) in [5.41, 5.74) is 1.65. The van der Waals surface area contributed by atoms with Gasteiger partial charge in [-0.2, -0.15) is 0 Å². The lowest BCUT2D eigenvalue weighted by Gasteiger charge is -2.21. The van der Waals surface area contributed by atoms with Crippen molar-refractivity contribution in [1.82, 2.24) is 9.97 Å². The highest BCUT2D eigenvalue weighted by Crippen LogP contribution is 2.33. The summed E-state index contributed by atoms with van der Waals surface area (Å²) in [6.45, 7) is 1.67. The lowest BCUT2D eigenvalue weighted by Crippen LogP contribution is -2.15. The molecule has 0 radical (unpaired) electrons. The summed E-state index contributed by atoms with van der Waals surface area (Å²) in [6, 6.07) is 6.00. The Bertz CT molecular complexity index is 812. The summed E-state index contributed by atoms with van der Waals surface area (Å²) in [5, 5.41) is 20.3. The number of aromatic carboxylic acids is 1. The minimum absolute atomic E-state index is 0.00364. The maximum Gasteiger partial charge on any atom is 0.354 e. The molecule has 1 aliphatic carbocycles. The van der Waals surface area contributed by atoms with Crippen LogP contribution < -0.4 is 0 Å². The molecule has 0 aliphatic heterocycles. The molecule has 1 aromatic heterocycles. The number of hydrogen-bond donors (Lipinski definition) is 1. The van der Waals surface area contributed by atoms with Gasteiger partial charge in [0.1, 0.15) is 5.82 Å². The first kappa shape index (κ1) is 17.0. The standard InChI is InChI=1S/C18H19N3O4/c1-11-15(12-7-9-14(10-8-12)21(24)25)19-17(20-16(11)18(22)23)13-5-3-2-4-6-13/h7-10,13H,2-6H2,1H3,(H,22,23). The molecule has 1 N–H and O–H groups in total. The first-order chi connectivity index (χ1) is 12.0. The highest BCUT2D eigenvalue weighted by atomic mass is 16.6. The van der Waals surface area contributed by atoms with Crippen molar-refractivity contribution in [2.75, 3.05) is 0 Å². The van der Waals surface area contributed by atoms with Crippen molar-refractivity contribution in [2.24, 2.45) is 0 Å². The number of aromatic nitrogens is 2. The van der Waals surface area contributed by atoms with Gasteiger partial charge in [0.15, 0.2) is 5.69 Å². The molecule has 0 amide bonds. The van der Waals surface area contributed by atoms with E-state index in [2.05, 4.69) is 9.97 Å². The van der Waals surface area contributed by atoms with Gasteiger partial charge in [-0.3, -0.25) is 10.1 Å². The normalized spacial score (nSPS) is 15.1. The van der Waals surface area contributed by atoms with E-state index >= 15 is 0 Å². The summed E-state index contributed by atoms with van der Waals surface area (Å²) in [5.74, 6) is -0.347. The number of benzene rings is 1. The summed E-state index contributed by atoms with van der Waals surface area (Å²) in [7, 11) is 0. The highest BCUT2D eigenvalue weighted by molar-refractivity contribution is 5.89. The molecule has 0 atom stereocenters. The van der Waals surface area contributed by atoms with Crippen LogP contribution in [0.3, 0.4) is 0 Å². The quantitative estimate of drug-likeness (QED) is 0.662. The lowest BCUT2D eigenvalue weighted by atomic mass is 9.88. The van der Waals surface area contributed by atoms with Gasteiger partial charge in [0.25, 0.3) is 5.69 Å². The number of carboxylic acid groups (broad SMARTS) is 1. The largest absolute Gasteiger partial charge is 0.477 e. The van der Waals surface area contributed by atoms with Crippen molar-refractivity contribution in [2.45, 2.75) is 44.9 Å². The molecule has 1 aliphatic rings. The van der Waals surface area contributed by atoms with E-state index in [1.807, 2.05) is 0 Å². The van der Waals surface area contributed by atoms with Crippen LogP contribution >= 0.6 is 0 Å². The van der Waals surface area contributed by atoms with Crippen LogP contribution in [0.5, 0.6) is 0 Å². The highest BCUT2D eigenvalue weighted by Gasteiger charge is 2.24. The molecule has 1 saturated carbocycles. The van der Waals surface area contributed by atoms with Gasteiger partial charge in [-0.15, -0.1) is 0 Å².